The van der Waals surface area contributed by atoms with E-state index in [4.69, 9.17) is 4.74 Å². The Bertz CT molecular complexity index is 1060. The summed E-state index contributed by atoms with van der Waals surface area (Å²) in [5.41, 5.74) is 3.93. The highest BCUT2D eigenvalue weighted by molar-refractivity contribution is 6.15. The topological polar surface area (TPSA) is 75.6 Å². The number of ether oxygens (including phenoxy) is 1. The number of aliphatic hydroxyl groups is 1. The van der Waals surface area contributed by atoms with E-state index in [1.807, 2.05) is 26.0 Å². The standard InChI is InChI=1S/C25H25NO4/c1-16-8-9-19(14-17(16)2)24(28)21-6-4-5-7-22(21)25(29)26-15-23(27)18-10-12-20(30-3)13-11-18/h4-14,23,27H,15H2,1-3H3,(H,26,29). The van der Waals surface area contributed by atoms with Crippen LogP contribution in [0.1, 0.15) is 49.1 Å². The number of hydrogen-bond acceptors (Lipinski definition) is 4. The van der Waals surface area contributed by atoms with Gasteiger partial charge in [-0.2, -0.15) is 0 Å². The molecule has 0 saturated carbocycles. The number of benzene rings is 3. The molecule has 30 heavy (non-hydrogen) atoms. The molecule has 5 nitrogen and oxygen atoms in total. The number of methoxy groups -OCH3 is 1. The van der Waals surface area contributed by atoms with Gasteiger partial charge in [0.25, 0.3) is 5.91 Å². The number of amides is 1. The third-order valence-electron chi connectivity index (χ3n) is 5.14. The summed E-state index contributed by atoms with van der Waals surface area (Å²) in [4.78, 5) is 25.8. The Morgan fingerprint density at radius 1 is 0.933 bits per heavy atom. The third kappa shape index (κ3) is 4.75. The zero-order chi connectivity index (χ0) is 21.7. The molecule has 0 radical (unpaired) electrons. The lowest BCUT2D eigenvalue weighted by atomic mass is 9.95. The fourth-order valence-electron chi connectivity index (χ4n) is 3.15. The van der Waals surface area contributed by atoms with Gasteiger partial charge in [-0.25, -0.2) is 0 Å². The fourth-order valence-corrected chi connectivity index (χ4v) is 3.15. The highest BCUT2D eigenvalue weighted by atomic mass is 16.5. The predicted octanol–water partition coefficient (Wildman–Crippen LogP) is 4.01. The second kappa shape index (κ2) is 9.37. The van der Waals surface area contributed by atoms with Crippen LogP contribution in [0.5, 0.6) is 5.75 Å². The molecule has 0 bridgehead atoms. The molecule has 3 aromatic rings. The summed E-state index contributed by atoms with van der Waals surface area (Å²) in [6, 6.07) is 19.2. The van der Waals surface area contributed by atoms with Gasteiger partial charge in [0.2, 0.25) is 0 Å². The molecule has 0 aliphatic carbocycles. The summed E-state index contributed by atoms with van der Waals surface area (Å²) < 4.78 is 5.11. The van der Waals surface area contributed by atoms with Crippen LogP contribution >= 0.6 is 0 Å². The Hall–Kier alpha value is -3.44. The van der Waals surface area contributed by atoms with Crippen LogP contribution in [0, 0.1) is 13.8 Å². The van der Waals surface area contributed by atoms with Crippen molar-refractivity contribution in [3.63, 3.8) is 0 Å². The second-order valence-electron chi connectivity index (χ2n) is 7.17. The number of carbonyl (C=O) groups excluding carboxylic acids is 2. The maximum Gasteiger partial charge on any atom is 0.252 e. The van der Waals surface area contributed by atoms with Crippen LogP contribution in [0.4, 0.5) is 0 Å². The first-order valence-corrected chi connectivity index (χ1v) is 9.72. The molecule has 1 atom stereocenters. The third-order valence-corrected chi connectivity index (χ3v) is 5.14. The van der Waals surface area contributed by atoms with Crippen LogP contribution in [0.25, 0.3) is 0 Å². The van der Waals surface area contributed by atoms with Gasteiger partial charge in [0.1, 0.15) is 5.75 Å². The number of nitrogens with one attached hydrogen (secondary N) is 1. The van der Waals surface area contributed by atoms with Gasteiger partial charge in [-0.3, -0.25) is 9.59 Å². The molecular formula is C25H25NO4. The van der Waals surface area contributed by atoms with Gasteiger partial charge in [0.15, 0.2) is 5.78 Å². The first-order valence-electron chi connectivity index (χ1n) is 9.72. The molecule has 3 rings (SSSR count). The molecule has 0 saturated heterocycles. The van der Waals surface area contributed by atoms with E-state index < -0.39 is 12.0 Å². The quantitative estimate of drug-likeness (QED) is 0.585. The SMILES string of the molecule is COc1ccc(C(O)CNC(=O)c2ccccc2C(=O)c2ccc(C)c(C)c2)cc1. The van der Waals surface area contributed by atoms with E-state index >= 15 is 0 Å². The molecule has 1 amide bonds. The minimum Gasteiger partial charge on any atom is -0.497 e. The molecule has 0 aromatic heterocycles. The molecule has 0 spiro atoms. The summed E-state index contributed by atoms with van der Waals surface area (Å²) in [6.45, 7) is 3.96. The average Bonchev–Trinajstić information content (AvgIpc) is 2.78. The minimum absolute atomic E-state index is 0.0251. The van der Waals surface area contributed by atoms with Crippen LogP contribution in [-0.4, -0.2) is 30.5 Å². The Labute approximate surface area is 176 Å². The smallest absolute Gasteiger partial charge is 0.252 e. The molecule has 0 aliphatic heterocycles. The summed E-state index contributed by atoms with van der Waals surface area (Å²) in [5, 5.41) is 13.1. The summed E-state index contributed by atoms with van der Waals surface area (Å²) >= 11 is 0. The van der Waals surface area contributed by atoms with Crippen molar-refractivity contribution < 1.29 is 19.4 Å². The van der Waals surface area contributed by atoms with Crippen LogP contribution in [0.3, 0.4) is 0 Å². The van der Waals surface area contributed by atoms with Gasteiger partial charge in [-0.1, -0.05) is 42.5 Å². The number of rotatable bonds is 7. The maximum atomic E-state index is 13.0. The van der Waals surface area contributed by atoms with Gasteiger partial charge in [0.05, 0.1) is 18.8 Å². The number of ketones is 1. The second-order valence-corrected chi connectivity index (χ2v) is 7.17. The van der Waals surface area contributed by atoms with E-state index in [2.05, 4.69) is 5.32 Å². The molecule has 2 N–H and O–H groups in total. The van der Waals surface area contributed by atoms with Crippen LogP contribution in [0.15, 0.2) is 66.7 Å². The highest BCUT2D eigenvalue weighted by Gasteiger charge is 2.19. The normalized spacial score (nSPS) is 11.6. The molecule has 1 unspecified atom stereocenters. The molecule has 3 aromatic carbocycles. The summed E-state index contributed by atoms with van der Waals surface area (Å²) in [6.07, 6.45) is -0.873. The van der Waals surface area contributed by atoms with E-state index in [0.717, 1.165) is 11.1 Å². The first-order chi connectivity index (χ1) is 14.4. The maximum absolute atomic E-state index is 13.0. The Morgan fingerprint density at radius 3 is 2.23 bits per heavy atom. The van der Waals surface area contributed by atoms with Gasteiger partial charge >= 0.3 is 0 Å². The van der Waals surface area contributed by atoms with E-state index in [0.29, 0.717) is 22.4 Å². The zero-order valence-electron chi connectivity index (χ0n) is 17.3. The van der Waals surface area contributed by atoms with Crippen molar-refractivity contribution in [3.8, 4) is 5.75 Å². The predicted molar refractivity (Wildman–Crippen MR) is 116 cm³/mol. The van der Waals surface area contributed by atoms with Crippen molar-refractivity contribution >= 4 is 11.7 Å². The van der Waals surface area contributed by atoms with Crippen molar-refractivity contribution in [3.05, 3.63) is 100 Å². The van der Waals surface area contributed by atoms with Gasteiger partial charge in [0, 0.05) is 17.7 Å². The van der Waals surface area contributed by atoms with Crippen molar-refractivity contribution in [2.24, 2.45) is 0 Å². The van der Waals surface area contributed by atoms with E-state index in [1.165, 1.54) is 0 Å². The van der Waals surface area contributed by atoms with Crippen LogP contribution in [0.2, 0.25) is 0 Å². The number of hydrogen-bond donors (Lipinski definition) is 2. The lowest BCUT2D eigenvalue weighted by Gasteiger charge is -2.14. The Kier molecular flexibility index (Phi) is 6.65. The largest absolute Gasteiger partial charge is 0.497 e. The Balaban J connectivity index is 1.74. The van der Waals surface area contributed by atoms with Gasteiger partial charge in [-0.05, 0) is 54.8 Å². The van der Waals surface area contributed by atoms with Crippen molar-refractivity contribution in [1.82, 2.24) is 5.32 Å². The van der Waals surface area contributed by atoms with Crippen LogP contribution in [-0.2, 0) is 0 Å². The summed E-state index contributed by atoms with van der Waals surface area (Å²) in [5.74, 6) is 0.0728. The van der Waals surface area contributed by atoms with E-state index in [-0.39, 0.29) is 17.9 Å². The minimum atomic E-state index is -0.873. The lowest BCUT2D eigenvalue weighted by Crippen LogP contribution is -2.29. The van der Waals surface area contributed by atoms with E-state index in [9.17, 15) is 14.7 Å². The van der Waals surface area contributed by atoms with Gasteiger partial charge in [-0.15, -0.1) is 0 Å². The first kappa shape index (κ1) is 21.3. The number of carbonyl (C=O) groups is 2. The monoisotopic (exact) mass is 403 g/mol. The summed E-state index contributed by atoms with van der Waals surface area (Å²) in [7, 11) is 1.57. The fraction of sp³-hybridized carbons (Fsp3) is 0.200. The number of aryl methyl sites for hydroxylation is 2. The molecular weight excluding hydrogens is 378 g/mol. The lowest BCUT2D eigenvalue weighted by molar-refractivity contribution is 0.0908. The van der Waals surface area contributed by atoms with Crippen molar-refractivity contribution in [2.45, 2.75) is 20.0 Å². The molecule has 0 fully saturated rings. The van der Waals surface area contributed by atoms with E-state index in [1.54, 1.807) is 61.7 Å². The molecule has 5 heteroatoms. The number of aliphatic hydroxyl groups excluding tert-OH is 1. The molecule has 0 heterocycles. The zero-order valence-corrected chi connectivity index (χ0v) is 17.3. The molecule has 0 aliphatic rings. The highest BCUT2D eigenvalue weighted by Crippen LogP contribution is 2.19. The molecule has 154 valence electrons. The van der Waals surface area contributed by atoms with Crippen molar-refractivity contribution in [2.75, 3.05) is 13.7 Å². The van der Waals surface area contributed by atoms with Crippen molar-refractivity contribution in [1.29, 1.82) is 0 Å². The Morgan fingerprint density at radius 2 is 1.60 bits per heavy atom. The van der Waals surface area contributed by atoms with Crippen LogP contribution < -0.4 is 10.1 Å². The average molecular weight is 403 g/mol. The van der Waals surface area contributed by atoms with Gasteiger partial charge < -0.3 is 15.2 Å².